The molecular formula is C9H10O2. The highest BCUT2D eigenvalue weighted by Crippen LogP contribution is 2.75. The third-order valence-corrected chi connectivity index (χ3v) is 4.26. The second-order valence-electron chi connectivity index (χ2n) is 4.29. The lowest BCUT2D eigenvalue weighted by molar-refractivity contribution is -0.171. The van der Waals surface area contributed by atoms with E-state index < -0.39 is 0 Å². The first-order chi connectivity index (χ1) is 5.20. The Morgan fingerprint density at radius 2 is 1.64 bits per heavy atom. The lowest BCUT2D eigenvalue weighted by Crippen LogP contribution is -2.58. The summed E-state index contributed by atoms with van der Waals surface area (Å²) in [6.07, 6.45) is 4.83. The van der Waals surface area contributed by atoms with Gasteiger partial charge in [-0.15, -0.1) is 0 Å². The van der Waals surface area contributed by atoms with Crippen molar-refractivity contribution in [3.05, 3.63) is 0 Å². The van der Waals surface area contributed by atoms with Crippen LogP contribution in [0, 0.1) is 10.8 Å². The molecule has 0 heterocycles. The number of hydrogen-bond acceptors (Lipinski definition) is 2. The Hall–Kier alpha value is -0.660. The molecule has 0 aromatic carbocycles. The summed E-state index contributed by atoms with van der Waals surface area (Å²) in [6, 6.07) is 0. The maximum Gasteiger partial charge on any atom is 0.205 e. The summed E-state index contributed by atoms with van der Waals surface area (Å²) >= 11 is 0. The van der Waals surface area contributed by atoms with E-state index >= 15 is 0 Å². The Kier molecular flexibility index (Phi) is 0.701. The Labute approximate surface area is 65.0 Å². The van der Waals surface area contributed by atoms with E-state index in [1.54, 1.807) is 0 Å². The first-order valence-corrected chi connectivity index (χ1v) is 4.28. The maximum absolute atomic E-state index is 11.4. The van der Waals surface area contributed by atoms with Crippen LogP contribution in [-0.2, 0) is 9.59 Å². The zero-order valence-electron chi connectivity index (χ0n) is 6.35. The van der Waals surface area contributed by atoms with Crippen molar-refractivity contribution >= 4 is 11.6 Å². The Morgan fingerprint density at radius 3 is 1.82 bits per heavy atom. The predicted octanol–water partition coefficient (Wildman–Crippen LogP) is 1.09. The first-order valence-electron chi connectivity index (χ1n) is 4.28. The van der Waals surface area contributed by atoms with Gasteiger partial charge in [0, 0.05) is 11.8 Å². The summed E-state index contributed by atoms with van der Waals surface area (Å²) in [5.74, 6) is -0.116. The molecule has 3 fully saturated rings. The maximum atomic E-state index is 11.4. The van der Waals surface area contributed by atoms with E-state index in [9.17, 15) is 9.59 Å². The largest absolute Gasteiger partial charge is 0.291 e. The molecule has 0 aromatic rings. The third-order valence-electron chi connectivity index (χ3n) is 4.26. The Balaban J connectivity index is 2.14. The van der Waals surface area contributed by atoms with Gasteiger partial charge >= 0.3 is 0 Å². The van der Waals surface area contributed by atoms with E-state index in [0.29, 0.717) is 6.42 Å². The molecule has 2 nitrogen and oxygen atoms in total. The van der Waals surface area contributed by atoms with Crippen LogP contribution >= 0.6 is 0 Å². The monoisotopic (exact) mass is 150 g/mol. The molecule has 2 heteroatoms. The summed E-state index contributed by atoms with van der Waals surface area (Å²) in [6.45, 7) is 0. The van der Waals surface area contributed by atoms with Gasteiger partial charge in [-0.1, -0.05) is 0 Å². The van der Waals surface area contributed by atoms with Gasteiger partial charge in [0.2, 0.25) is 5.78 Å². The minimum Gasteiger partial charge on any atom is -0.291 e. The van der Waals surface area contributed by atoms with Crippen molar-refractivity contribution < 1.29 is 9.59 Å². The van der Waals surface area contributed by atoms with Gasteiger partial charge in [0.15, 0.2) is 5.78 Å². The summed E-state index contributed by atoms with van der Waals surface area (Å²) in [4.78, 5) is 22.5. The fourth-order valence-corrected chi connectivity index (χ4v) is 3.28. The van der Waals surface area contributed by atoms with Crippen LogP contribution in [0.2, 0.25) is 0 Å². The fraction of sp³-hybridized carbons (Fsp3) is 0.778. The van der Waals surface area contributed by atoms with Crippen LogP contribution in [0.5, 0.6) is 0 Å². The van der Waals surface area contributed by atoms with Gasteiger partial charge in [-0.3, -0.25) is 9.59 Å². The highest BCUT2D eigenvalue weighted by Gasteiger charge is 2.74. The van der Waals surface area contributed by atoms with Crippen molar-refractivity contribution in [3.8, 4) is 0 Å². The first kappa shape index (κ1) is 5.92. The van der Waals surface area contributed by atoms with Crippen LogP contribution in [0.3, 0.4) is 0 Å². The Morgan fingerprint density at radius 1 is 1.00 bits per heavy atom. The van der Waals surface area contributed by atoms with Crippen LogP contribution in [0.4, 0.5) is 0 Å². The van der Waals surface area contributed by atoms with Crippen LogP contribution in [0.1, 0.15) is 32.1 Å². The van der Waals surface area contributed by atoms with Gasteiger partial charge in [0.05, 0.1) is 0 Å². The minimum absolute atomic E-state index is 0.0324. The zero-order chi connectivity index (χ0) is 7.69. The number of carbonyl (C=O) groups is 2. The molecule has 58 valence electrons. The van der Waals surface area contributed by atoms with Gasteiger partial charge in [-0.2, -0.15) is 0 Å². The van der Waals surface area contributed by atoms with Crippen LogP contribution in [0.25, 0.3) is 0 Å². The van der Waals surface area contributed by atoms with Crippen molar-refractivity contribution in [3.63, 3.8) is 0 Å². The molecule has 0 N–H and O–H groups in total. The second-order valence-corrected chi connectivity index (χ2v) is 4.29. The minimum atomic E-state index is -0.107. The van der Waals surface area contributed by atoms with Gasteiger partial charge in [0.1, 0.15) is 0 Å². The van der Waals surface area contributed by atoms with Gasteiger partial charge in [0.25, 0.3) is 0 Å². The summed E-state index contributed by atoms with van der Waals surface area (Å²) in [5.41, 5.74) is 0.0885. The zero-order valence-corrected chi connectivity index (χ0v) is 6.35. The number of Topliss-reactive ketones (excluding diaryl/α,β-unsaturated/α-hetero) is 2. The van der Waals surface area contributed by atoms with Crippen molar-refractivity contribution in [1.82, 2.24) is 0 Å². The molecule has 3 saturated carbocycles. The van der Waals surface area contributed by atoms with E-state index in [1.165, 1.54) is 0 Å². The lowest BCUT2D eigenvalue weighted by atomic mass is 9.39. The van der Waals surface area contributed by atoms with Crippen molar-refractivity contribution in [2.75, 3.05) is 0 Å². The quantitative estimate of drug-likeness (QED) is 0.484. The highest BCUT2D eigenvalue weighted by atomic mass is 16.2. The fourth-order valence-electron chi connectivity index (χ4n) is 3.28. The predicted molar refractivity (Wildman–Crippen MR) is 38.0 cm³/mol. The smallest absolute Gasteiger partial charge is 0.205 e. The van der Waals surface area contributed by atoms with Crippen LogP contribution in [0.15, 0.2) is 0 Å². The summed E-state index contributed by atoms with van der Waals surface area (Å²) in [7, 11) is 0. The van der Waals surface area contributed by atoms with Gasteiger partial charge in [-0.25, -0.2) is 0 Å². The number of ketones is 2. The van der Waals surface area contributed by atoms with Crippen molar-refractivity contribution in [2.45, 2.75) is 32.1 Å². The molecule has 0 amide bonds. The average molecular weight is 150 g/mol. The topological polar surface area (TPSA) is 34.1 Å². The van der Waals surface area contributed by atoms with Crippen LogP contribution < -0.4 is 0 Å². The normalized spacial score (nSPS) is 52.7. The number of hydrogen-bond donors (Lipinski definition) is 0. The second kappa shape index (κ2) is 1.30. The number of carbonyl (C=O) groups excluding carboxylic acids is 2. The molecule has 0 aromatic heterocycles. The van der Waals surface area contributed by atoms with Gasteiger partial charge in [-0.05, 0) is 31.1 Å². The van der Waals surface area contributed by atoms with E-state index in [0.717, 1.165) is 25.7 Å². The molecule has 3 rings (SSSR count). The SMILES string of the molecule is O=C1CC23CCC2(CC3)C1=O. The van der Waals surface area contributed by atoms with E-state index in [4.69, 9.17) is 0 Å². The van der Waals surface area contributed by atoms with Crippen LogP contribution in [-0.4, -0.2) is 11.6 Å². The van der Waals surface area contributed by atoms with Gasteiger partial charge < -0.3 is 0 Å². The molecule has 11 heavy (non-hydrogen) atoms. The molecule has 0 aliphatic heterocycles. The molecule has 0 atom stereocenters. The molecular weight excluding hydrogens is 140 g/mol. The third kappa shape index (κ3) is 0.361. The Bertz CT molecular complexity index is 269. The molecule has 3 aliphatic carbocycles. The summed E-state index contributed by atoms with van der Waals surface area (Å²) < 4.78 is 0. The van der Waals surface area contributed by atoms with E-state index in [-0.39, 0.29) is 22.4 Å². The molecule has 3 aliphatic rings. The average Bonchev–Trinajstić information content (AvgIpc) is 2.12. The lowest BCUT2D eigenvalue weighted by Gasteiger charge is -2.62. The number of rotatable bonds is 0. The standard InChI is InChI=1S/C9H10O2/c10-6-5-8-1-3-9(8,4-2-8)7(6)11/h1-5H2. The van der Waals surface area contributed by atoms with Crippen molar-refractivity contribution in [2.24, 2.45) is 10.8 Å². The molecule has 0 saturated heterocycles. The van der Waals surface area contributed by atoms with E-state index in [1.807, 2.05) is 0 Å². The molecule has 0 spiro atoms. The summed E-state index contributed by atoms with van der Waals surface area (Å²) in [5, 5.41) is 0. The van der Waals surface area contributed by atoms with Crippen molar-refractivity contribution in [1.29, 1.82) is 0 Å². The highest BCUT2D eigenvalue weighted by molar-refractivity contribution is 6.42. The molecule has 0 radical (unpaired) electrons. The van der Waals surface area contributed by atoms with E-state index in [2.05, 4.69) is 0 Å². The molecule has 0 unspecified atom stereocenters. The molecule has 0 bridgehead atoms.